The van der Waals surface area contributed by atoms with E-state index in [1.165, 1.54) is 25.7 Å². The van der Waals surface area contributed by atoms with E-state index in [0.29, 0.717) is 0 Å². The lowest BCUT2D eigenvalue weighted by Gasteiger charge is -2.10. The van der Waals surface area contributed by atoms with E-state index in [1.54, 1.807) is 6.26 Å². The number of aliphatic imine (C=N–C) groups is 1. The zero-order valence-electron chi connectivity index (χ0n) is 12.7. The Morgan fingerprint density at radius 1 is 1.20 bits per heavy atom. The number of hydrogen-bond donors (Lipinski definition) is 2. The van der Waals surface area contributed by atoms with Crippen LogP contribution in [0.15, 0.2) is 27.8 Å². The molecule has 1 aromatic heterocycles. The van der Waals surface area contributed by atoms with Crippen LogP contribution in [0.1, 0.15) is 45.3 Å². The summed E-state index contributed by atoms with van der Waals surface area (Å²) in [7, 11) is 0. The normalized spacial score (nSPS) is 11.0. The van der Waals surface area contributed by atoms with Crippen molar-refractivity contribution in [2.75, 3.05) is 19.6 Å². The second kappa shape index (κ2) is 13.3. The molecular weight excluding hydrogens is 365 g/mol. The summed E-state index contributed by atoms with van der Waals surface area (Å²) in [5.74, 6) is 1.91. The number of nitrogens with zero attached hydrogens (tertiary/aromatic N) is 1. The highest BCUT2D eigenvalue weighted by Gasteiger charge is 1.98. The highest BCUT2D eigenvalue weighted by molar-refractivity contribution is 14.0. The third-order valence-electron chi connectivity index (χ3n) is 2.87. The Hall–Kier alpha value is -0.720. The van der Waals surface area contributed by atoms with Crippen LogP contribution < -0.4 is 10.6 Å². The molecule has 20 heavy (non-hydrogen) atoms. The highest BCUT2D eigenvalue weighted by atomic mass is 127. The third-order valence-corrected chi connectivity index (χ3v) is 2.87. The fourth-order valence-electron chi connectivity index (χ4n) is 1.83. The van der Waals surface area contributed by atoms with Gasteiger partial charge in [-0.25, -0.2) is 0 Å². The molecule has 0 aliphatic carbocycles. The first-order valence-corrected chi connectivity index (χ1v) is 7.41. The lowest BCUT2D eigenvalue weighted by molar-refractivity contribution is 0.507. The van der Waals surface area contributed by atoms with Crippen LogP contribution in [0.3, 0.4) is 0 Å². The molecule has 0 saturated carbocycles. The molecule has 0 aliphatic rings. The van der Waals surface area contributed by atoms with E-state index in [1.807, 2.05) is 12.1 Å². The summed E-state index contributed by atoms with van der Waals surface area (Å²) in [6, 6.07) is 3.92. The van der Waals surface area contributed by atoms with Gasteiger partial charge in [0.1, 0.15) is 5.76 Å². The van der Waals surface area contributed by atoms with Crippen molar-refractivity contribution in [2.24, 2.45) is 4.99 Å². The number of nitrogens with one attached hydrogen (secondary N) is 2. The summed E-state index contributed by atoms with van der Waals surface area (Å²) in [5.41, 5.74) is 0. The van der Waals surface area contributed by atoms with E-state index >= 15 is 0 Å². The molecule has 1 rings (SSSR count). The van der Waals surface area contributed by atoms with E-state index in [9.17, 15) is 0 Å². The maximum absolute atomic E-state index is 5.30. The van der Waals surface area contributed by atoms with Crippen molar-refractivity contribution in [1.29, 1.82) is 0 Å². The second-order valence-electron chi connectivity index (χ2n) is 4.58. The number of guanidine groups is 1. The van der Waals surface area contributed by atoms with Crippen LogP contribution in [0.2, 0.25) is 0 Å². The Kier molecular flexibility index (Phi) is 12.8. The van der Waals surface area contributed by atoms with Gasteiger partial charge in [0.2, 0.25) is 0 Å². The molecule has 1 aromatic rings. The molecule has 0 spiro atoms. The van der Waals surface area contributed by atoms with Crippen LogP contribution in [0.5, 0.6) is 0 Å². The maximum Gasteiger partial charge on any atom is 0.191 e. The van der Waals surface area contributed by atoms with Crippen LogP contribution in [0, 0.1) is 0 Å². The lowest BCUT2D eigenvalue weighted by Crippen LogP contribution is -2.38. The molecule has 0 saturated heterocycles. The second-order valence-corrected chi connectivity index (χ2v) is 4.58. The molecule has 0 amide bonds. The van der Waals surface area contributed by atoms with E-state index in [2.05, 4.69) is 29.5 Å². The summed E-state index contributed by atoms with van der Waals surface area (Å²) >= 11 is 0. The van der Waals surface area contributed by atoms with Crippen molar-refractivity contribution in [1.82, 2.24) is 10.6 Å². The minimum absolute atomic E-state index is 0. The Bertz CT molecular complexity index is 339. The van der Waals surface area contributed by atoms with Crippen molar-refractivity contribution < 1.29 is 4.42 Å². The smallest absolute Gasteiger partial charge is 0.191 e. The van der Waals surface area contributed by atoms with Gasteiger partial charge in [0, 0.05) is 26.1 Å². The average Bonchev–Trinajstić information content (AvgIpc) is 2.91. The van der Waals surface area contributed by atoms with Crippen molar-refractivity contribution in [3.05, 3.63) is 24.2 Å². The molecule has 116 valence electrons. The Balaban J connectivity index is 0.00000361. The average molecular weight is 393 g/mol. The summed E-state index contributed by atoms with van der Waals surface area (Å²) in [5, 5.41) is 6.59. The van der Waals surface area contributed by atoms with Gasteiger partial charge in [0.25, 0.3) is 0 Å². The highest BCUT2D eigenvalue weighted by Crippen LogP contribution is 2.00. The lowest BCUT2D eigenvalue weighted by atomic mass is 10.2. The number of furan rings is 1. The Morgan fingerprint density at radius 3 is 2.70 bits per heavy atom. The van der Waals surface area contributed by atoms with Crippen LogP contribution >= 0.6 is 24.0 Å². The zero-order chi connectivity index (χ0) is 13.8. The van der Waals surface area contributed by atoms with Gasteiger partial charge in [-0.05, 0) is 25.5 Å². The van der Waals surface area contributed by atoms with E-state index in [4.69, 9.17) is 4.42 Å². The van der Waals surface area contributed by atoms with Crippen molar-refractivity contribution in [2.45, 2.75) is 46.0 Å². The molecule has 0 fully saturated rings. The number of rotatable bonds is 9. The first kappa shape index (κ1) is 19.3. The number of unbranched alkanes of at least 4 members (excludes halogenated alkanes) is 3. The first-order valence-electron chi connectivity index (χ1n) is 7.41. The molecule has 0 aromatic carbocycles. The van der Waals surface area contributed by atoms with Gasteiger partial charge in [-0.1, -0.05) is 26.2 Å². The summed E-state index contributed by atoms with van der Waals surface area (Å²) < 4.78 is 5.30. The first-order chi connectivity index (χ1) is 9.36. The van der Waals surface area contributed by atoms with E-state index in [0.717, 1.165) is 37.8 Å². The number of hydrogen-bond acceptors (Lipinski definition) is 2. The van der Waals surface area contributed by atoms with Crippen molar-refractivity contribution >= 4 is 29.9 Å². The van der Waals surface area contributed by atoms with Gasteiger partial charge in [-0.3, -0.25) is 4.99 Å². The fraction of sp³-hybridized carbons (Fsp3) is 0.667. The van der Waals surface area contributed by atoms with Gasteiger partial charge in [0.15, 0.2) is 5.96 Å². The largest absolute Gasteiger partial charge is 0.469 e. The molecule has 2 N–H and O–H groups in total. The van der Waals surface area contributed by atoms with Crippen LogP contribution in [-0.2, 0) is 6.42 Å². The Labute approximate surface area is 139 Å². The molecule has 5 heteroatoms. The SMILES string of the molecule is CCCCCCN=C(NCC)NCCc1ccco1.I. The van der Waals surface area contributed by atoms with Gasteiger partial charge < -0.3 is 15.1 Å². The topological polar surface area (TPSA) is 49.6 Å². The minimum atomic E-state index is 0. The quantitative estimate of drug-likeness (QED) is 0.292. The third kappa shape index (κ3) is 9.23. The molecule has 0 bridgehead atoms. The summed E-state index contributed by atoms with van der Waals surface area (Å²) in [4.78, 5) is 4.57. The monoisotopic (exact) mass is 393 g/mol. The molecule has 0 atom stereocenters. The zero-order valence-corrected chi connectivity index (χ0v) is 15.0. The maximum atomic E-state index is 5.30. The molecule has 4 nitrogen and oxygen atoms in total. The fourth-order valence-corrected chi connectivity index (χ4v) is 1.83. The standard InChI is InChI=1S/C15H27N3O.HI/c1-3-5-6-7-11-17-15(16-4-2)18-12-10-14-9-8-13-19-14;/h8-9,13H,3-7,10-12H2,1-2H3,(H2,16,17,18);1H. The van der Waals surface area contributed by atoms with Gasteiger partial charge >= 0.3 is 0 Å². The predicted octanol–water partition coefficient (Wildman–Crippen LogP) is 3.58. The number of halogens is 1. The van der Waals surface area contributed by atoms with E-state index in [-0.39, 0.29) is 24.0 Å². The summed E-state index contributed by atoms with van der Waals surface area (Å²) in [6.07, 6.45) is 7.60. The molecule has 0 radical (unpaired) electrons. The molecule has 0 aliphatic heterocycles. The van der Waals surface area contributed by atoms with Gasteiger partial charge in [0.05, 0.1) is 6.26 Å². The van der Waals surface area contributed by atoms with Crippen LogP contribution in [0.4, 0.5) is 0 Å². The van der Waals surface area contributed by atoms with Crippen LogP contribution in [0.25, 0.3) is 0 Å². The van der Waals surface area contributed by atoms with Crippen molar-refractivity contribution in [3.63, 3.8) is 0 Å². The summed E-state index contributed by atoms with van der Waals surface area (Å²) in [6.45, 7) is 6.94. The predicted molar refractivity (Wildman–Crippen MR) is 96.0 cm³/mol. The van der Waals surface area contributed by atoms with Gasteiger partial charge in [-0.2, -0.15) is 0 Å². The van der Waals surface area contributed by atoms with Gasteiger partial charge in [-0.15, -0.1) is 24.0 Å². The minimum Gasteiger partial charge on any atom is -0.469 e. The Morgan fingerprint density at radius 2 is 2.05 bits per heavy atom. The van der Waals surface area contributed by atoms with E-state index < -0.39 is 0 Å². The molecule has 1 heterocycles. The molecule has 0 unspecified atom stereocenters. The van der Waals surface area contributed by atoms with Crippen molar-refractivity contribution in [3.8, 4) is 0 Å². The molecular formula is C15H28IN3O. The van der Waals surface area contributed by atoms with Crippen LogP contribution in [-0.4, -0.2) is 25.6 Å².